The number of rotatable bonds is 8. The Morgan fingerprint density at radius 1 is 1.14 bits per heavy atom. The van der Waals surface area contributed by atoms with Crippen LogP contribution in [0.2, 0.25) is 0 Å². The fourth-order valence-corrected chi connectivity index (χ4v) is 4.71. The van der Waals surface area contributed by atoms with Crippen LogP contribution in [-0.2, 0) is 14.4 Å². The van der Waals surface area contributed by atoms with Crippen molar-refractivity contribution in [2.45, 2.75) is 78.3 Å². The molecule has 7 nitrogen and oxygen atoms in total. The number of halogens is 1. The number of nitrogens with zero attached hydrogens (tertiary/aromatic N) is 2. The minimum atomic E-state index is -0.799. The van der Waals surface area contributed by atoms with Crippen LogP contribution in [0.15, 0.2) is 5.10 Å². The summed E-state index contributed by atoms with van der Waals surface area (Å²) in [6, 6.07) is -0.517. The van der Waals surface area contributed by atoms with Crippen LogP contribution < -0.4 is 10.7 Å². The largest absolute Gasteiger partial charge is 0.347 e. The van der Waals surface area contributed by atoms with Crippen molar-refractivity contribution >= 4 is 46.9 Å². The fourth-order valence-electron chi connectivity index (χ4n) is 3.66. The van der Waals surface area contributed by atoms with Crippen molar-refractivity contribution in [2.75, 3.05) is 12.3 Å². The van der Waals surface area contributed by atoms with Gasteiger partial charge in [0, 0.05) is 24.3 Å². The Morgan fingerprint density at radius 3 is 2.38 bits per heavy atom. The average Bonchev–Trinajstić information content (AvgIpc) is 3.14. The van der Waals surface area contributed by atoms with Crippen molar-refractivity contribution in [1.82, 2.24) is 15.6 Å². The average molecular weight is 447 g/mol. The maximum absolute atomic E-state index is 12.7. The van der Waals surface area contributed by atoms with E-state index in [1.165, 1.54) is 0 Å². The van der Waals surface area contributed by atoms with Gasteiger partial charge >= 0.3 is 5.91 Å². The first-order chi connectivity index (χ1) is 13.3. The monoisotopic (exact) mass is 446 g/mol. The predicted octanol–water partition coefficient (Wildman–Crippen LogP) is 2.93. The number of Topliss-reactive ketones (excluding diaryl/α,β-unsaturated/α-hetero) is 1. The van der Waals surface area contributed by atoms with Crippen molar-refractivity contribution in [3.05, 3.63) is 0 Å². The molecule has 1 atom stereocenters. The second kappa shape index (κ2) is 12.4. The zero-order valence-corrected chi connectivity index (χ0v) is 19.5. The molecule has 2 rings (SSSR count). The summed E-state index contributed by atoms with van der Waals surface area (Å²) in [5.41, 5.74) is 2.40. The lowest BCUT2D eigenvalue weighted by Crippen LogP contribution is -2.49. The summed E-state index contributed by atoms with van der Waals surface area (Å²) < 4.78 is 0. The van der Waals surface area contributed by atoms with Gasteiger partial charge in [0.15, 0.2) is 5.17 Å². The van der Waals surface area contributed by atoms with Gasteiger partial charge < -0.3 is 10.2 Å². The van der Waals surface area contributed by atoms with Gasteiger partial charge in [-0.15, -0.1) is 17.5 Å². The number of amides is 2. The molecule has 0 aromatic rings. The van der Waals surface area contributed by atoms with Crippen molar-refractivity contribution in [2.24, 2.45) is 16.9 Å². The van der Waals surface area contributed by atoms with Crippen LogP contribution in [0.25, 0.3) is 0 Å². The minimum Gasteiger partial charge on any atom is -0.347 e. The summed E-state index contributed by atoms with van der Waals surface area (Å²) in [5, 5.41) is 7.72. The van der Waals surface area contributed by atoms with Gasteiger partial charge in [-0.3, -0.25) is 14.4 Å². The summed E-state index contributed by atoms with van der Waals surface area (Å²) in [4.78, 5) is 39.8. The van der Waals surface area contributed by atoms with Crippen LogP contribution in [0, 0.1) is 11.8 Å². The Kier molecular flexibility index (Phi) is 11.0. The number of hydrazone groups is 1. The van der Waals surface area contributed by atoms with Crippen LogP contribution in [-0.4, -0.2) is 52.0 Å². The van der Waals surface area contributed by atoms with Gasteiger partial charge in [-0.1, -0.05) is 44.9 Å². The Hall–Kier alpha value is -1.28. The molecule has 0 bridgehead atoms. The minimum absolute atomic E-state index is 0. The van der Waals surface area contributed by atoms with Gasteiger partial charge in [0.2, 0.25) is 11.7 Å². The van der Waals surface area contributed by atoms with Gasteiger partial charge in [0.05, 0.1) is 6.04 Å². The lowest BCUT2D eigenvalue weighted by molar-refractivity contribution is -0.140. The second-order valence-electron chi connectivity index (χ2n) is 8.36. The van der Waals surface area contributed by atoms with Crippen LogP contribution in [0.5, 0.6) is 0 Å². The highest BCUT2D eigenvalue weighted by Crippen LogP contribution is 2.24. The molecule has 29 heavy (non-hydrogen) atoms. The molecule has 1 heterocycles. The highest BCUT2D eigenvalue weighted by molar-refractivity contribution is 8.14. The molecule has 2 fully saturated rings. The van der Waals surface area contributed by atoms with Crippen molar-refractivity contribution in [3.8, 4) is 0 Å². The highest BCUT2D eigenvalue weighted by atomic mass is 35.5. The maximum Gasteiger partial charge on any atom is 0.309 e. The summed E-state index contributed by atoms with van der Waals surface area (Å²) in [5.74, 6) is -0.445. The van der Waals surface area contributed by atoms with Crippen molar-refractivity contribution in [3.63, 3.8) is 0 Å². The van der Waals surface area contributed by atoms with Gasteiger partial charge in [-0.05, 0) is 39.0 Å². The quantitative estimate of drug-likeness (QED) is 0.442. The van der Waals surface area contributed by atoms with E-state index in [1.54, 1.807) is 11.8 Å². The molecule has 0 spiro atoms. The number of ketones is 1. The van der Waals surface area contributed by atoms with Crippen LogP contribution in [0.4, 0.5) is 0 Å². The number of carbonyl (C=O) groups is 3. The van der Waals surface area contributed by atoms with E-state index in [0.717, 1.165) is 49.6 Å². The normalized spacial score (nSPS) is 19.9. The maximum atomic E-state index is 12.7. The Balaban J connectivity index is 0.00000420. The standard InChI is InChI=1S/C20H34N4O3S.ClH/c1-13(2)12-16(21-18(26)15-8-6-5-7-9-15)17(25)19(27)22-23-20-24(14(3)4)10-11-28-20;/h13-16H,5-12H2,1-4H3,(H,21,26)(H,22,27);1H/b23-20-;/t16-;/m0./s1. The first kappa shape index (κ1) is 25.8. The molecular weight excluding hydrogens is 412 g/mol. The molecule has 166 valence electrons. The summed E-state index contributed by atoms with van der Waals surface area (Å²) in [7, 11) is 0. The molecule has 1 saturated heterocycles. The third-order valence-corrected chi connectivity index (χ3v) is 6.20. The highest BCUT2D eigenvalue weighted by Gasteiger charge is 2.31. The molecule has 2 N–H and O–H groups in total. The van der Waals surface area contributed by atoms with E-state index in [1.807, 2.05) is 13.8 Å². The molecule has 0 aromatic heterocycles. The van der Waals surface area contributed by atoms with E-state index in [9.17, 15) is 14.4 Å². The molecule has 0 unspecified atom stereocenters. The van der Waals surface area contributed by atoms with Crippen LogP contribution in [0.3, 0.4) is 0 Å². The summed E-state index contributed by atoms with van der Waals surface area (Å²) in [6.45, 7) is 8.95. The molecule has 1 saturated carbocycles. The SMILES string of the molecule is CC(C)C[C@H](NC(=O)C1CCCCC1)C(=O)C(=O)N/N=C1\SCCN1C(C)C.Cl. The van der Waals surface area contributed by atoms with E-state index < -0.39 is 17.7 Å². The van der Waals surface area contributed by atoms with E-state index >= 15 is 0 Å². The zero-order chi connectivity index (χ0) is 20.7. The molecule has 1 aliphatic heterocycles. The summed E-state index contributed by atoms with van der Waals surface area (Å²) in [6.07, 6.45) is 5.40. The number of carbonyl (C=O) groups excluding carboxylic acids is 3. The number of hydrogen-bond acceptors (Lipinski definition) is 5. The third kappa shape index (κ3) is 7.81. The number of nitrogens with one attached hydrogen (secondary N) is 2. The third-order valence-electron chi connectivity index (χ3n) is 5.23. The fraction of sp³-hybridized carbons (Fsp3) is 0.800. The lowest BCUT2D eigenvalue weighted by Gasteiger charge is -2.25. The second-order valence-corrected chi connectivity index (χ2v) is 9.42. The molecule has 0 radical (unpaired) electrons. The molecule has 1 aliphatic carbocycles. The first-order valence-electron chi connectivity index (χ1n) is 10.4. The first-order valence-corrected chi connectivity index (χ1v) is 11.4. The molecule has 2 amide bonds. The Bertz CT molecular complexity index is 607. The lowest BCUT2D eigenvalue weighted by atomic mass is 9.88. The van der Waals surface area contributed by atoms with Crippen molar-refractivity contribution in [1.29, 1.82) is 0 Å². The number of thioether (sulfide) groups is 1. The van der Waals surface area contributed by atoms with Crippen LogP contribution >= 0.6 is 24.2 Å². The molecule has 2 aliphatic rings. The summed E-state index contributed by atoms with van der Waals surface area (Å²) >= 11 is 1.56. The number of hydrogen-bond donors (Lipinski definition) is 2. The van der Waals surface area contributed by atoms with E-state index in [-0.39, 0.29) is 36.2 Å². The van der Waals surface area contributed by atoms with Gasteiger partial charge in [0.1, 0.15) is 0 Å². The number of amidine groups is 1. The Morgan fingerprint density at radius 2 is 1.79 bits per heavy atom. The zero-order valence-electron chi connectivity index (χ0n) is 17.9. The van der Waals surface area contributed by atoms with Gasteiger partial charge in [-0.2, -0.15) is 0 Å². The molecular formula is C20H35ClN4O3S. The van der Waals surface area contributed by atoms with E-state index in [4.69, 9.17) is 0 Å². The van der Waals surface area contributed by atoms with Gasteiger partial charge in [0.25, 0.3) is 0 Å². The molecule has 0 aromatic carbocycles. The predicted molar refractivity (Wildman–Crippen MR) is 120 cm³/mol. The smallest absolute Gasteiger partial charge is 0.309 e. The topological polar surface area (TPSA) is 90.9 Å². The van der Waals surface area contributed by atoms with Gasteiger partial charge in [-0.25, -0.2) is 5.43 Å². The van der Waals surface area contributed by atoms with Crippen molar-refractivity contribution < 1.29 is 14.4 Å². The van der Waals surface area contributed by atoms with E-state index in [0.29, 0.717) is 6.42 Å². The Labute approximate surface area is 184 Å². The van der Waals surface area contributed by atoms with E-state index in [2.05, 4.69) is 34.6 Å². The molecule has 9 heteroatoms. The van der Waals surface area contributed by atoms with Crippen LogP contribution in [0.1, 0.15) is 66.2 Å².